The molecule has 0 unspecified atom stereocenters. The van der Waals surface area contributed by atoms with Gasteiger partial charge < -0.3 is 8.98 Å². The second kappa shape index (κ2) is 6.63. The summed E-state index contributed by atoms with van der Waals surface area (Å²) in [5.74, 6) is 0.811. The number of aryl methyl sites for hydroxylation is 1. The number of benzene rings is 1. The third-order valence-corrected chi connectivity index (χ3v) is 4.75. The van der Waals surface area contributed by atoms with Gasteiger partial charge in [0.15, 0.2) is 11.3 Å². The first-order chi connectivity index (χ1) is 12.8. The standard InChI is InChI=1S/C18H18F4N4O/c1-25(10-17-23-13-6-12(19)3-4-14(13)27-17)7-11-2-5-16-24-15(18(20,21)22)9-26(16)8-11/h3-4,6,9,11H,2,5,7-8,10H2,1H3/t11-/m0/s1. The Morgan fingerprint density at radius 2 is 2.11 bits per heavy atom. The van der Waals surface area contributed by atoms with Gasteiger partial charge in [0, 0.05) is 31.8 Å². The first-order valence-corrected chi connectivity index (χ1v) is 8.64. The van der Waals surface area contributed by atoms with Gasteiger partial charge in [-0.15, -0.1) is 0 Å². The number of halogens is 4. The van der Waals surface area contributed by atoms with E-state index in [-0.39, 0.29) is 11.7 Å². The highest BCUT2D eigenvalue weighted by molar-refractivity contribution is 5.72. The zero-order valence-electron chi connectivity index (χ0n) is 14.6. The summed E-state index contributed by atoms with van der Waals surface area (Å²) < 4.78 is 58.9. The fourth-order valence-corrected chi connectivity index (χ4v) is 3.55. The molecule has 0 amide bonds. The number of rotatable bonds is 4. The Bertz CT molecular complexity index is 962. The van der Waals surface area contributed by atoms with Gasteiger partial charge in [0.25, 0.3) is 0 Å². The Hall–Kier alpha value is -2.42. The number of fused-ring (bicyclic) bond motifs is 2. The van der Waals surface area contributed by atoms with Crippen molar-refractivity contribution >= 4 is 11.1 Å². The van der Waals surface area contributed by atoms with Crippen LogP contribution in [0.1, 0.15) is 23.8 Å². The fourth-order valence-electron chi connectivity index (χ4n) is 3.55. The number of nitrogens with zero attached hydrogens (tertiary/aromatic N) is 4. The van der Waals surface area contributed by atoms with Gasteiger partial charge in [-0.05, 0) is 31.5 Å². The van der Waals surface area contributed by atoms with E-state index in [1.54, 1.807) is 10.6 Å². The zero-order chi connectivity index (χ0) is 19.2. The molecule has 1 aromatic carbocycles. The molecule has 0 spiro atoms. The third-order valence-electron chi connectivity index (χ3n) is 4.75. The lowest BCUT2D eigenvalue weighted by atomic mass is 9.99. The number of imidazole rings is 1. The molecule has 1 aliphatic rings. The van der Waals surface area contributed by atoms with E-state index >= 15 is 0 Å². The average Bonchev–Trinajstić information content (AvgIpc) is 3.16. The Balaban J connectivity index is 1.39. The summed E-state index contributed by atoms with van der Waals surface area (Å²) in [5, 5.41) is 0. The maximum Gasteiger partial charge on any atom is 0.434 e. The molecule has 1 aliphatic heterocycles. The summed E-state index contributed by atoms with van der Waals surface area (Å²) in [6, 6.07) is 4.18. The summed E-state index contributed by atoms with van der Waals surface area (Å²) in [5.41, 5.74) is 0.171. The summed E-state index contributed by atoms with van der Waals surface area (Å²) in [7, 11) is 1.90. The molecule has 9 heteroatoms. The summed E-state index contributed by atoms with van der Waals surface area (Å²) in [6.07, 6.45) is -2.02. The van der Waals surface area contributed by atoms with E-state index < -0.39 is 11.9 Å². The summed E-state index contributed by atoms with van der Waals surface area (Å²) in [6.45, 7) is 1.63. The van der Waals surface area contributed by atoms with Crippen molar-refractivity contribution < 1.29 is 22.0 Å². The Morgan fingerprint density at radius 3 is 2.89 bits per heavy atom. The van der Waals surface area contributed by atoms with Gasteiger partial charge in [-0.2, -0.15) is 13.2 Å². The Kier molecular flexibility index (Phi) is 4.41. The van der Waals surface area contributed by atoms with Crippen molar-refractivity contribution in [3.63, 3.8) is 0 Å². The van der Waals surface area contributed by atoms with Crippen molar-refractivity contribution in [2.45, 2.75) is 32.1 Å². The summed E-state index contributed by atoms with van der Waals surface area (Å²) >= 11 is 0. The van der Waals surface area contributed by atoms with Crippen molar-refractivity contribution in [3.05, 3.63) is 47.6 Å². The second-order valence-corrected chi connectivity index (χ2v) is 7.01. The van der Waals surface area contributed by atoms with Gasteiger partial charge in [-0.1, -0.05) is 0 Å². The van der Waals surface area contributed by atoms with E-state index in [1.165, 1.54) is 12.1 Å². The number of aromatic nitrogens is 3. The van der Waals surface area contributed by atoms with E-state index in [4.69, 9.17) is 4.42 Å². The van der Waals surface area contributed by atoms with Crippen molar-refractivity contribution in [2.24, 2.45) is 5.92 Å². The van der Waals surface area contributed by atoms with E-state index in [9.17, 15) is 17.6 Å². The molecule has 2 aromatic heterocycles. The van der Waals surface area contributed by atoms with E-state index in [1.807, 2.05) is 11.9 Å². The van der Waals surface area contributed by atoms with Crippen LogP contribution >= 0.6 is 0 Å². The van der Waals surface area contributed by atoms with Crippen LogP contribution in [0.5, 0.6) is 0 Å². The number of hydrogen-bond acceptors (Lipinski definition) is 4. The SMILES string of the molecule is CN(Cc1nc2cc(F)ccc2o1)C[C@@H]1CCc2nc(C(F)(F)F)cn2C1. The van der Waals surface area contributed by atoms with Gasteiger partial charge in [0.2, 0.25) is 5.89 Å². The first kappa shape index (κ1) is 18.0. The maximum atomic E-state index is 13.2. The minimum atomic E-state index is -4.41. The lowest BCUT2D eigenvalue weighted by molar-refractivity contribution is -0.141. The van der Waals surface area contributed by atoms with Gasteiger partial charge in [-0.25, -0.2) is 14.4 Å². The van der Waals surface area contributed by atoms with E-state index in [0.717, 1.165) is 12.6 Å². The van der Waals surface area contributed by atoms with Gasteiger partial charge in [0.1, 0.15) is 17.2 Å². The molecule has 0 saturated carbocycles. The van der Waals surface area contributed by atoms with Crippen LogP contribution in [0.2, 0.25) is 0 Å². The van der Waals surface area contributed by atoms with Crippen molar-refractivity contribution in [2.75, 3.05) is 13.6 Å². The predicted octanol–water partition coefficient (Wildman–Crippen LogP) is 3.88. The highest BCUT2D eigenvalue weighted by atomic mass is 19.4. The van der Waals surface area contributed by atoms with Crippen molar-refractivity contribution in [1.82, 2.24) is 19.4 Å². The minimum absolute atomic E-state index is 0.208. The normalized spacial score (nSPS) is 17.6. The molecule has 0 N–H and O–H groups in total. The second-order valence-electron chi connectivity index (χ2n) is 7.01. The molecule has 144 valence electrons. The van der Waals surface area contributed by atoms with Crippen LogP contribution in [0.25, 0.3) is 11.1 Å². The zero-order valence-corrected chi connectivity index (χ0v) is 14.6. The molecule has 5 nitrogen and oxygen atoms in total. The summed E-state index contributed by atoms with van der Waals surface area (Å²) in [4.78, 5) is 10.0. The van der Waals surface area contributed by atoms with Crippen LogP contribution in [0.3, 0.4) is 0 Å². The molecule has 0 saturated heterocycles. The molecule has 0 fully saturated rings. The highest BCUT2D eigenvalue weighted by Gasteiger charge is 2.35. The smallest absolute Gasteiger partial charge is 0.434 e. The minimum Gasteiger partial charge on any atom is -0.439 e. The van der Waals surface area contributed by atoms with Crippen LogP contribution in [-0.4, -0.2) is 33.0 Å². The number of alkyl halides is 3. The molecule has 0 bridgehead atoms. The van der Waals surface area contributed by atoms with Gasteiger partial charge in [-0.3, -0.25) is 4.90 Å². The molecule has 0 aliphatic carbocycles. The van der Waals surface area contributed by atoms with Crippen LogP contribution in [0.4, 0.5) is 17.6 Å². The third kappa shape index (κ3) is 3.83. The molecule has 1 atom stereocenters. The Morgan fingerprint density at radius 1 is 1.30 bits per heavy atom. The van der Waals surface area contributed by atoms with Crippen LogP contribution < -0.4 is 0 Å². The van der Waals surface area contributed by atoms with Crippen LogP contribution in [-0.2, 0) is 25.7 Å². The Labute approximate surface area is 152 Å². The molecule has 4 rings (SSSR count). The monoisotopic (exact) mass is 382 g/mol. The average molecular weight is 382 g/mol. The molecule has 3 heterocycles. The van der Waals surface area contributed by atoms with E-state index in [0.29, 0.717) is 48.9 Å². The topological polar surface area (TPSA) is 47.1 Å². The number of hydrogen-bond donors (Lipinski definition) is 0. The van der Waals surface area contributed by atoms with E-state index in [2.05, 4.69) is 9.97 Å². The van der Waals surface area contributed by atoms with Gasteiger partial charge >= 0.3 is 6.18 Å². The van der Waals surface area contributed by atoms with Crippen molar-refractivity contribution in [1.29, 1.82) is 0 Å². The molecule has 27 heavy (non-hydrogen) atoms. The fraction of sp³-hybridized carbons (Fsp3) is 0.444. The van der Waals surface area contributed by atoms with Gasteiger partial charge in [0.05, 0.1) is 6.54 Å². The highest BCUT2D eigenvalue weighted by Crippen LogP contribution is 2.31. The van der Waals surface area contributed by atoms with Crippen LogP contribution in [0, 0.1) is 11.7 Å². The molecule has 3 aromatic rings. The predicted molar refractivity (Wildman–Crippen MR) is 89.3 cm³/mol. The van der Waals surface area contributed by atoms with Crippen molar-refractivity contribution in [3.8, 4) is 0 Å². The lowest BCUT2D eigenvalue weighted by Crippen LogP contribution is -2.31. The maximum absolute atomic E-state index is 13.2. The quantitative estimate of drug-likeness (QED) is 0.643. The number of oxazole rings is 1. The lowest BCUT2D eigenvalue weighted by Gasteiger charge is -2.27. The largest absolute Gasteiger partial charge is 0.439 e. The first-order valence-electron chi connectivity index (χ1n) is 8.64. The molecular weight excluding hydrogens is 364 g/mol. The molecular formula is C18H18F4N4O. The van der Waals surface area contributed by atoms with Crippen LogP contribution in [0.15, 0.2) is 28.8 Å². The molecule has 0 radical (unpaired) electrons.